The first-order chi connectivity index (χ1) is 7.50. The molecule has 4 heteroatoms. The molecule has 0 heterocycles. The van der Waals surface area contributed by atoms with E-state index in [1.54, 1.807) is 13.0 Å². The van der Waals surface area contributed by atoms with E-state index in [1.807, 2.05) is 19.1 Å². The molecular weight excluding hydrogens is 245 g/mol. The summed E-state index contributed by atoms with van der Waals surface area (Å²) >= 11 is 12.0. The van der Waals surface area contributed by atoms with E-state index in [-0.39, 0.29) is 12.1 Å². The number of hydrogen-bond donors (Lipinski definition) is 2. The Morgan fingerprint density at radius 1 is 1.31 bits per heavy atom. The summed E-state index contributed by atoms with van der Waals surface area (Å²) in [5, 5.41) is 13.7. The van der Waals surface area contributed by atoms with E-state index < -0.39 is 0 Å². The Hall–Kier alpha value is -0.280. The first-order valence-corrected chi connectivity index (χ1v) is 6.10. The second kappa shape index (κ2) is 6.45. The first-order valence-electron chi connectivity index (χ1n) is 5.35. The van der Waals surface area contributed by atoms with Crippen LogP contribution in [0.3, 0.4) is 0 Å². The minimum absolute atomic E-state index is 0.245. The standard InChI is InChI=1S/C12H17Cl2NO/c1-8(6-9(2)16)15-7-10-4-3-5-11(13)12(10)14/h3-5,8-9,15-16H,6-7H2,1-2H3. The summed E-state index contributed by atoms with van der Waals surface area (Å²) in [7, 11) is 0. The third kappa shape index (κ3) is 4.30. The number of halogens is 2. The molecule has 0 aliphatic carbocycles. The lowest BCUT2D eigenvalue weighted by Gasteiger charge is -2.16. The number of aliphatic hydroxyl groups is 1. The molecule has 2 unspecified atom stereocenters. The Kier molecular flexibility index (Phi) is 5.56. The number of benzene rings is 1. The molecule has 0 aliphatic rings. The Labute approximate surface area is 107 Å². The predicted octanol–water partition coefficient (Wildman–Crippen LogP) is 3.24. The van der Waals surface area contributed by atoms with Crippen LogP contribution in [0.25, 0.3) is 0 Å². The maximum atomic E-state index is 9.23. The topological polar surface area (TPSA) is 32.3 Å². The van der Waals surface area contributed by atoms with E-state index in [1.165, 1.54) is 0 Å². The second-order valence-electron chi connectivity index (χ2n) is 4.08. The molecule has 1 aromatic carbocycles. The first kappa shape index (κ1) is 13.8. The fourth-order valence-corrected chi connectivity index (χ4v) is 1.95. The van der Waals surface area contributed by atoms with Crippen molar-refractivity contribution < 1.29 is 5.11 Å². The van der Waals surface area contributed by atoms with E-state index in [0.717, 1.165) is 12.0 Å². The zero-order chi connectivity index (χ0) is 12.1. The maximum Gasteiger partial charge on any atom is 0.0637 e. The van der Waals surface area contributed by atoms with Gasteiger partial charge < -0.3 is 10.4 Å². The van der Waals surface area contributed by atoms with Crippen molar-refractivity contribution >= 4 is 23.2 Å². The molecule has 2 N–H and O–H groups in total. The summed E-state index contributed by atoms with van der Waals surface area (Å²) in [5.74, 6) is 0. The highest BCUT2D eigenvalue weighted by Crippen LogP contribution is 2.25. The summed E-state index contributed by atoms with van der Waals surface area (Å²) < 4.78 is 0. The molecule has 1 aromatic rings. The van der Waals surface area contributed by atoms with Crippen molar-refractivity contribution in [3.8, 4) is 0 Å². The van der Waals surface area contributed by atoms with Crippen LogP contribution < -0.4 is 5.32 Å². The molecule has 0 aliphatic heterocycles. The predicted molar refractivity (Wildman–Crippen MR) is 69.1 cm³/mol. The highest BCUT2D eigenvalue weighted by atomic mass is 35.5. The average molecular weight is 262 g/mol. The summed E-state index contributed by atoms with van der Waals surface area (Å²) in [6.45, 7) is 4.48. The molecule has 16 heavy (non-hydrogen) atoms. The van der Waals surface area contributed by atoms with Crippen LogP contribution in [-0.4, -0.2) is 17.3 Å². The fraction of sp³-hybridized carbons (Fsp3) is 0.500. The third-order valence-corrected chi connectivity index (χ3v) is 3.23. The van der Waals surface area contributed by atoms with Crippen LogP contribution in [0.1, 0.15) is 25.8 Å². The van der Waals surface area contributed by atoms with Crippen LogP contribution in [0.2, 0.25) is 10.0 Å². The molecule has 1 rings (SSSR count). The van der Waals surface area contributed by atoms with Gasteiger partial charge in [-0.25, -0.2) is 0 Å². The van der Waals surface area contributed by atoms with Crippen molar-refractivity contribution in [2.24, 2.45) is 0 Å². The van der Waals surface area contributed by atoms with Crippen LogP contribution in [0, 0.1) is 0 Å². The van der Waals surface area contributed by atoms with Gasteiger partial charge in [0.05, 0.1) is 16.1 Å². The minimum atomic E-state index is -0.294. The van der Waals surface area contributed by atoms with E-state index in [9.17, 15) is 5.11 Å². The normalized spacial score (nSPS) is 14.8. The summed E-state index contributed by atoms with van der Waals surface area (Å²) in [6.07, 6.45) is 0.426. The SMILES string of the molecule is CC(O)CC(C)NCc1cccc(Cl)c1Cl. The smallest absolute Gasteiger partial charge is 0.0637 e. The van der Waals surface area contributed by atoms with Gasteiger partial charge in [-0.15, -0.1) is 0 Å². The van der Waals surface area contributed by atoms with E-state index in [2.05, 4.69) is 5.32 Å². The Balaban J connectivity index is 2.51. The van der Waals surface area contributed by atoms with Crippen molar-refractivity contribution in [3.63, 3.8) is 0 Å². The summed E-state index contributed by atoms with van der Waals surface area (Å²) in [6, 6.07) is 5.84. The second-order valence-corrected chi connectivity index (χ2v) is 4.86. The van der Waals surface area contributed by atoms with Crippen molar-refractivity contribution in [1.82, 2.24) is 5.32 Å². The van der Waals surface area contributed by atoms with Gasteiger partial charge in [0.15, 0.2) is 0 Å². The van der Waals surface area contributed by atoms with Gasteiger partial charge in [-0.2, -0.15) is 0 Å². The molecule has 2 nitrogen and oxygen atoms in total. The molecule has 2 atom stereocenters. The van der Waals surface area contributed by atoms with Crippen molar-refractivity contribution in [3.05, 3.63) is 33.8 Å². The lowest BCUT2D eigenvalue weighted by atomic mass is 10.1. The molecule has 0 fully saturated rings. The van der Waals surface area contributed by atoms with Gasteiger partial charge in [0.25, 0.3) is 0 Å². The average Bonchev–Trinajstić information content (AvgIpc) is 2.19. The molecular formula is C12H17Cl2NO. The zero-order valence-electron chi connectivity index (χ0n) is 9.50. The van der Waals surface area contributed by atoms with Crippen LogP contribution in [0.5, 0.6) is 0 Å². The highest BCUT2D eigenvalue weighted by Gasteiger charge is 2.08. The summed E-state index contributed by atoms with van der Waals surface area (Å²) in [5.41, 5.74) is 0.978. The molecule has 0 aromatic heterocycles. The molecule has 0 amide bonds. The van der Waals surface area contributed by atoms with Crippen molar-refractivity contribution in [2.45, 2.75) is 39.0 Å². The molecule has 0 radical (unpaired) electrons. The number of nitrogens with one attached hydrogen (secondary N) is 1. The largest absolute Gasteiger partial charge is 0.393 e. The van der Waals surface area contributed by atoms with Crippen LogP contribution in [0.4, 0.5) is 0 Å². The number of rotatable bonds is 5. The van der Waals surface area contributed by atoms with Gasteiger partial charge in [-0.3, -0.25) is 0 Å². The van der Waals surface area contributed by atoms with E-state index in [0.29, 0.717) is 16.6 Å². The number of aliphatic hydroxyl groups excluding tert-OH is 1. The van der Waals surface area contributed by atoms with Gasteiger partial charge in [0.1, 0.15) is 0 Å². The van der Waals surface area contributed by atoms with Crippen molar-refractivity contribution in [2.75, 3.05) is 0 Å². The van der Waals surface area contributed by atoms with Gasteiger partial charge in [0.2, 0.25) is 0 Å². The van der Waals surface area contributed by atoms with Gasteiger partial charge in [-0.05, 0) is 31.9 Å². The van der Waals surface area contributed by atoms with Gasteiger partial charge in [-0.1, -0.05) is 35.3 Å². The Morgan fingerprint density at radius 2 is 2.00 bits per heavy atom. The number of hydrogen-bond acceptors (Lipinski definition) is 2. The zero-order valence-corrected chi connectivity index (χ0v) is 11.0. The molecule has 0 saturated heterocycles. The van der Waals surface area contributed by atoms with Crippen molar-refractivity contribution in [1.29, 1.82) is 0 Å². The lowest BCUT2D eigenvalue weighted by molar-refractivity contribution is 0.170. The lowest BCUT2D eigenvalue weighted by Crippen LogP contribution is -2.28. The van der Waals surface area contributed by atoms with E-state index >= 15 is 0 Å². The van der Waals surface area contributed by atoms with Crippen LogP contribution in [-0.2, 0) is 6.54 Å². The Bertz CT molecular complexity index is 342. The van der Waals surface area contributed by atoms with Gasteiger partial charge >= 0.3 is 0 Å². The molecule has 0 bridgehead atoms. The summed E-state index contributed by atoms with van der Waals surface area (Å²) in [4.78, 5) is 0. The Morgan fingerprint density at radius 3 is 2.62 bits per heavy atom. The van der Waals surface area contributed by atoms with Crippen LogP contribution >= 0.6 is 23.2 Å². The molecule has 0 spiro atoms. The molecule has 90 valence electrons. The van der Waals surface area contributed by atoms with E-state index in [4.69, 9.17) is 23.2 Å². The fourth-order valence-electron chi connectivity index (χ4n) is 1.56. The van der Waals surface area contributed by atoms with Gasteiger partial charge in [0, 0.05) is 12.6 Å². The maximum absolute atomic E-state index is 9.23. The quantitative estimate of drug-likeness (QED) is 0.853. The molecule has 0 saturated carbocycles. The minimum Gasteiger partial charge on any atom is -0.393 e. The third-order valence-electron chi connectivity index (χ3n) is 2.37. The highest BCUT2D eigenvalue weighted by molar-refractivity contribution is 6.42. The monoisotopic (exact) mass is 261 g/mol. The van der Waals surface area contributed by atoms with Crippen LogP contribution in [0.15, 0.2) is 18.2 Å².